The van der Waals surface area contributed by atoms with Gasteiger partial charge in [0.25, 0.3) is 0 Å². The summed E-state index contributed by atoms with van der Waals surface area (Å²) in [4.78, 5) is 10.6. The molecule has 52 valence electrons. The zero-order valence-electron chi connectivity index (χ0n) is 5.55. The lowest BCUT2D eigenvalue weighted by Gasteiger charge is -2.07. The molecular formula is C6H12N2O. The third-order valence-corrected chi connectivity index (χ3v) is 1.88. The van der Waals surface area contributed by atoms with Crippen LogP contribution >= 0.6 is 0 Å². The van der Waals surface area contributed by atoms with Gasteiger partial charge in [0.05, 0.1) is 5.92 Å². The SMILES string of the molecule is CC1CNCC1C(N)=O. The minimum atomic E-state index is -0.174. The summed E-state index contributed by atoms with van der Waals surface area (Å²) in [5, 5.41) is 3.10. The molecule has 2 atom stereocenters. The van der Waals surface area contributed by atoms with Crippen LogP contribution in [0.1, 0.15) is 6.92 Å². The highest BCUT2D eigenvalue weighted by Gasteiger charge is 2.27. The molecule has 1 saturated heterocycles. The highest BCUT2D eigenvalue weighted by Crippen LogP contribution is 2.14. The second-order valence-electron chi connectivity index (χ2n) is 2.64. The largest absolute Gasteiger partial charge is 0.369 e. The molecule has 3 heteroatoms. The Hall–Kier alpha value is -0.570. The summed E-state index contributed by atoms with van der Waals surface area (Å²) in [7, 11) is 0. The van der Waals surface area contributed by atoms with E-state index < -0.39 is 0 Å². The van der Waals surface area contributed by atoms with E-state index in [0.717, 1.165) is 13.1 Å². The van der Waals surface area contributed by atoms with E-state index in [2.05, 4.69) is 5.32 Å². The molecule has 1 aliphatic rings. The Balaban J connectivity index is 2.49. The zero-order chi connectivity index (χ0) is 6.85. The summed E-state index contributed by atoms with van der Waals surface area (Å²) in [5.74, 6) is 0.306. The number of nitrogens with one attached hydrogen (secondary N) is 1. The Morgan fingerprint density at radius 1 is 1.67 bits per heavy atom. The molecular weight excluding hydrogens is 116 g/mol. The van der Waals surface area contributed by atoms with Crippen LogP contribution in [0, 0.1) is 11.8 Å². The molecule has 2 unspecified atom stereocenters. The topological polar surface area (TPSA) is 55.1 Å². The maximum absolute atomic E-state index is 10.6. The van der Waals surface area contributed by atoms with Gasteiger partial charge in [-0.25, -0.2) is 0 Å². The first kappa shape index (κ1) is 6.55. The quantitative estimate of drug-likeness (QED) is 0.492. The summed E-state index contributed by atoms with van der Waals surface area (Å²) < 4.78 is 0. The number of nitrogens with two attached hydrogens (primary N) is 1. The molecule has 0 bridgehead atoms. The van der Waals surface area contributed by atoms with Crippen LogP contribution in [-0.4, -0.2) is 19.0 Å². The van der Waals surface area contributed by atoms with E-state index in [4.69, 9.17) is 5.73 Å². The molecule has 0 aromatic heterocycles. The summed E-state index contributed by atoms with van der Waals surface area (Å²) in [6.07, 6.45) is 0. The molecule has 0 saturated carbocycles. The Kier molecular flexibility index (Phi) is 1.71. The number of rotatable bonds is 1. The molecule has 0 radical (unpaired) electrons. The number of carbonyl (C=O) groups is 1. The van der Waals surface area contributed by atoms with Gasteiger partial charge in [0.1, 0.15) is 0 Å². The van der Waals surface area contributed by atoms with Crippen molar-refractivity contribution >= 4 is 5.91 Å². The molecule has 0 aromatic rings. The van der Waals surface area contributed by atoms with E-state index in [0.29, 0.717) is 5.92 Å². The van der Waals surface area contributed by atoms with Crippen LogP contribution in [0.5, 0.6) is 0 Å². The van der Waals surface area contributed by atoms with Crippen LogP contribution in [0.4, 0.5) is 0 Å². The number of hydrogen-bond donors (Lipinski definition) is 2. The Morgan fingerprint density at radius 2 is 2.33 bits per heavy atom. The van der Waals surface area contributed by atoms with Gasteiger partial charge in [0, 0.05) is 6.54 Å². The second-order valence-corrected chi connectivity index (χ2v) is 2.64. The van der Waals surface area contributed by atoms with Crippen LogP contribution in [0.2, 0.25) is 0 Å². The summed E-state index contributed by atoms with van der Waals surface area (Å²) in [5.41, 5.74) is 5.11. The van der Waals surface area contributed by atoms with Crippen LogP contribution in [0.3, 0.4) is 0 Å². The lowest BCUT2D eigenvalue weighted by molar-refractivity contribution is -0.122. The number of hydrogen-bond acceptors (Lipinski definition) is 2. The van der Waals surface area contributed by atoms with Gasteiger partial charge in [-0.05, 0) is 12.5 Å². The van der Waals surface area contributed by atoms with E-state index in [1.807, 2.05) is 6.92 Å². The van der Waals surface area contributed by atoms with Crippen LogP contribution < -0.4 is 11.1 Å². The molecule has 3 N–H and O–H groups in total. The first-order valence-electron chi connectivity index (χ1n) is 3.22. The highest BCUT2D eigenvalue weighted by molar-refractivity contribution is 5.77. The van der Waals surface area contributed by atoms with Gasteiger partial charge in [-0.15, -0.1) is 0 Å². The second kappa shape index (κ2) is 2.35. The minimum Gasteiger partial charge on any atom is -0.369 e. The zero-order valence-corrected chi connectivity index (χ0v) is 5.55. The molecule has 0 aliphatic carbocycles. The maximum Gasteiger partial charge on any atom is 0.222 e. The third kappa shape index (κ3) is 1.21. The lowest BCUT2D eigenvalue weighted by Crippen LogP contribution is -2.28. The molecule has 0 spiro atoms. The number of primary amides is 1. The standard InChI is InChI=1S/C6H12N2O/c1-4-2-8-3-5(4)6(7)9/h4-5,8H,2-3H2,1H3,(H2,7,9). The van der Waals surface area contributed by atoms with Crippen molar-refractivity contribution < 1.29 is 4.79 Å². The van der Waals surface area contributed by atoms with Crippen molar-refractivity contribution in [2.45, 2.75) is 6.92 Å². The first-order chi connectivity index (χ1) is 4.22. The molecule has 1 heterocycles. The molecule has 1 fully saturated rings. The minimum absolute atomic E-state index is 0.0602. The van der Waals surface area contributed by atoms with Crippen LogP contribution in [0.15, 0.2) is 0 Å². The van der Waals surface area contributed by atoms with E-state index in [1.54, 1.807) is 0 Å². The fourth-order valence-electron chi connectivity index (χ4n) is 1.19. The maximum atomic E-state index is 10.6. The smallest absolute Gasteiger partial charge is 0.222 e. The van der Waals surface area contributed by atoms with E-state index in [-0.39, 0.29) is 11.8 Å². The molecule has 3 nitrogen and oxygen atoms in total. The Morgan fingerprint density at radius 3 is 2.56 bits per heavy atom. The van der Waals surface area contributed by atoms with E-state index in [9.17, 15) is 4.79 Å². The Labute approximate surface area is 54.6 Å². The van der Waals surface area contributed by atoms with Crippen molar-refractivity contribution in [3.63, 3.8) is 0 Å². The number of amides is 1. The fourth-order valence-corrected chi connectivity index (χ4v) is 1.19. The van der Waals surface area contributed by atoms with Gasteiger partial charge in [0.2, 0.25) is 5.91 Å². The third-order valence-electron chi connectivity index (χ3n) is 1.88. The molecule has 1 amide bonds. The Bertz CT molecular complexity index is 124. The fraction of sp³-hybridized carbons (Fsp3) is 0.833. The monoisotopic (exact) mass is 128 g/mol. The van der Waals surface area contributed by atoms with Gasteiger partial charge in [-0.1, -0.05) is 6.92 Å². The first-order valence-corrected chi connectivity index (χ1v) is 3.22. The normalized spacial score (nSPS) is 34.8. The van der Waals surface area contributed by atoms with Crippen molar-refractivity contribution in [1.29, 1.82) is 0 Å². The van der Waals surface area contributed by atoms with Gasteiger partial charge < -0.3 is 11.1 Å². The highest BCUT2D eigenvalue weighted by atomic mass is 16.1. The molecule has 0 aromatic carbocycles. The number of carbonyl (C=O) groups excluding carboxylic acids is 1. The van der Waals surface area contributed by atoms with Crippen LogP contribution in [0.25, 0.3) is 0 Å². The summed E-state index contributed by atoms with van der Waals surface area (Å²) in [6, 6.07) is 0. The van der Waals surface area contributed by atoms with Gasteiger partial charge >= 0.3 is 0 Å². The molecule has 1 rings (SSSR count). The predicted octanol–water partition coefficient (Wildman–Crippen LogP) is -0.673. The van der Waals surface area contributed by atoms with E-state index in [1.165, 1.54) is 0 Å². The predicted molar refractivity (Wildman–Crippen MR) is 34.7 cm³/mol. The summed E-state index contributed by atoms with van der Waals surface area (Å²) >= 11 is 0. The van der Waals surface area contributed by atoms with Gasteiger partial charge in [-0.3, -0.25) is 4.79 Å². The van der Waals surface area contributed by atoms with Gasteiger partial charge in [0.15, 0.2) is 0 Å². The molecule has 1 aliphatic heterocycles. The van der Waals surface area contributed by atoms with Crippen molar-refractivity contribution in [1.82, 2.24) is 5.32 Å². The average Bonchev–Trinajstić information content (AvgIpc) is 2.13. The molecule has 9 heavy (non-hydrogen) atoms. The van der Waals surface area contributed by atoms with E-state index >= 15 is 0 Å². The van der Waals surface area contributed by atoms with Crippen molar-refractivity contribution in [2.75, 3.05) is 13.1 Å². The average molecular weight is 128 g/mol. The van der Waals surface area contributed by atoms with Crippen LogP contribution in [-0.2, 0) is 4.79 Å². The van der Waals surface area contributed by atoms with Crippen molar-refractivity contribution in [2.24, 2.45) is 17.6 Å². The van der Waals surface area contributed by atoms with Crippen molar-refractivity contribution in [3.05, 3.63) is 0 Å². The lowest BCUT2D eigenvalue weighted by atomic mass is 9.98. The van der Waals surface area contributed by atoms with Crippen molar-refractivity contribution in [3.8, 4) is 0 Å². The summed E-state index contributed by atoms with van der Waals surface area (Å²) in [6.45, 7) is 3.72. The van der Waals surface area contributed by atoms with Gasteiger partial charge in [-0.2, -0.15) is 0 Å².